The zero-order valence-corrected chi connectivity index (χ0v) is 18.4. The normalized spacial score (nSPS) is 20.2. The van der Waals surface area contributed by atoms with Crippen molar-refractivity contribution in [3.63, 3.8) is 0 Å². The van der Waals surface area contributed by atoms with Crippen LogP contribution in [0.5, 0.6) is 0 Å². The van der Waals surface area contributed by atoms with E-state index in [1.165, 1.54) is 23.9 Å². The molecule has 2 aromatic rings. The number of fused-ring (bicyclic) bond motifs is 1. The van der Waals surface area contributed by atoms with Crippen LogP contribution in [-0.4, -0.2) is 82.6 Å². The Morgan fingerprint density at radius 3 is 2.67 bits per heavy atom. The minimum atomic E-state index is 0.103. The number of nitrogens with one attached hydrogen (secondary N) is 1. The molecule has 6 heteroatoms. The molecule has 30 heavy (non-hydrogen) atoms. The summed E-state index contributed by atoms with van der Waals surface area (Å²) in [6, 6.07) is 6.70. The number of carbonyl (C=O) groups excluding carboxylic acids is 1. The summed E-state index contributed by atoms with van der Waals surface area (Å²) in [4.78, 5) is 23.4. The molecular weight excluding hydrogens is 376 g/mol. The van der Waals surface area contributed by atoms with E-state index in [-0.39, 0.29) is 12.5 Å². The van der Waals surface area contributed by atoms with Gasteiger partial charge in [-0.05, 0) is 69.8 Å². The molecule has 1 amide bonds. The molecule has 2 fully saturated rings. The van der Waals surface area contributed by atoms with Crippen LogP contribution >= 0.6 is 0 Å². The number of aromatic nitrogens is 1. The Hall–Kier alpha value is -1.89. The van der Waals surface area contributed by atoms with Crippen molar-refractivity contribution in [1.82, 2.24) is 19.7 Å². The molecule has 6 nitrogen and oxygen atoms in total. The predicted octanol–water partition coefficient (Wildman–Crippen LogP) is 2.93. The maximum atomic E-state index is 12.9. The number of H-pyrrole nitrogens is 1. The van der Waals surface area contributed by atoms with Crippen molar-refractivity contribution in [1.29, 1.82) is 0 Å². The second kappa shape index (κ2) is 9.50. The van der Waals surface area contributed by atoms with Gasteiger partial charge >= 0.3 is 0 Å². The second-order valence-electron chi connectivity index (χ2n) is 9.25. The fourth-order valence-electron chi connectivity index (χ4n) is 4.86. The zero-order chi connectivity index (χ0) is 21.1. The molecule has 164 valence electrons. The van der Waals surface area contributed by atoms with E-state index in [9.17, 15) is 9.90 Å². The Labute approximate surface area is 179 Å². The molecule has 4 rings (SSSR count). The first-order valence-corrected chi connectivity index (χ1v) is 11.5. The fourth-order valence-corrected chi connectivity index (χ4v) is 4.86. The molecule has 0 bridgehead atoms. The van der Waals surface area contributed by atoms with E-state index in [1.807, 2.05) is 17.0 Å². The number of nitrogens with zero attached hydrogens (tertiary/aromatic N) is 3. The summed E-state index contributed by atoms with van der Waals surface area (Å²) in [6.45, 7) is 11.8. The number of piperidine rings is 1. The summed E-state index contributed by atoms with van der Waals surface area (Å²) in [5, 5.41) is 10.5. The van der Waals surface area contributed by atoms with Crippen LogP contribution in [0.1, 0.15) is 49.0 Å². The van der Waals surface area contributed by atoms with Crippen molar-refractivity contribution < 1.29 is 9.90 Å². The number of aliphatic hydroxyl groups is 1. The van der Waals surface area contributed by atoms with Gasteiger partial charge in [0.05, 0.1) is 0 Å². The van der Waals surface area contributed by atoms with Crippen LogP contribution in [0.4, 0.5) is 0 Å². The van der Waals surface area contributed by atoms with E-state index >= 15 is 0 Å². The van der Waals surface area contributed by atoms with E-state index in [0.29, 0.717) is 12.0 Å². The maximum absolute atomic E-state index is 12.9. The number of benzene rings is 1. The van der Waals surface area contributed by atoms with Gasteiger partial charge in [0.25, 0.3) is 5.91 Å². The van der Waals surface area contributed by atoms with Crippen LogP contribution in [-0.2, 0) is 6.54 Å². The minimum Gasteiger partial charge on any atom is -0.396 e. The van der Waals surface area contributed by atoms with Crippen molar-refractivity contribution in [3.05, 3.63) is 35.5 Å². The van der Waals surface area contributed by atoms with Gasteiger partial charge in [-0.25, -0.2) is 0 Å². The van der Waals surface area contributed by atoms with Crippen molar-refractivity contribution in [2.45, 2.75) is 45.7 Å². The molecule has 3 heterocycles. The van der Waals surface area contributed by atoms with Crippen molar-refractivity contribution in [2.75, 3.05) is 45.9 Å². The lowest BCUT2D eigenvalue weighted by Crippen LogP contribution is -2.39. The molecule has 1 aromatic carbocycles. The first-order valence-electron chi connectivity index (χ1n) is 11.5. The third-order valence-electron chi connectivity index (χ3n) is 6.92. The Morgan fingerprint density at radius 2 is 1.93 bits per heavy atom. The standard InChI is InChI=1S/C24H36N4O2/c1-18(2)27-9-3-8-26(12-13-27)16-21-15-25-23-14-20(4-5-22(21)23)24(30)28-10-6-19(17-29)7-11-28/h4-5,14-15,18-19,25,29H,3,6-13,16-17H2,1-2H3. The Kier molecular flexibility index (Phi) is 6.76. The summed E-state index contributed by atoms with van der Waals surface area (Å²) in [6.07, 6.45) is 5.10. The molecule has 2 N–H and O–H groups in total. The highest BCUT2D eigenvalue weighted by Gasteiger charge is 2.24. The fraction of sp³-hybridized carbons (Fsp3) is 0.625. The van der Waals surface area contributed by atoms with Gasteiger partial charge in [0.15, 0.2) is 0 Å². The highest BCUT2D eigenvalue weighted by Crippen LogP contribution is 2.24. The largest absolute Gasteiger partial charge is 0.396 e. The highest BCUT2D eigenvalue weighted by atomic mass is 16.3. The number of carbonyl (C=O) groups is 1. The summed E-state index contributed by atoms with van der Waals surface area (Å²) in [5.41, 5.74) is 3.10. The molecule has 2 aliphatic heterocycles. The topological polar surface area (TPSA) is 62.8 Å². The third kappa shape index (κ3) is 4.71. The van der Waals surface area contributed by atoms with Crippen LogP contribution in [0.3, 0.4) is 0 Å². The lowest BCUT2D eigenvalue weighted by Gasteiger charge is -2.31. The number of aliphatic hydroxyl groups excluding tert-OH is 1. The lowest BCUT2D eigenvalue weighted by atomic mass is 9.97. The van der Waals surface area contributed by atoms with Crippen molar-refractivity contribution >= 4 is 16.8 Å². The van der Waals surface area contributed by atoms with Gasteiger partial charge in [0.1, 0.15) is 0 Å². The monoisotopic (exact) mass is 412 g/mol. The SMILES string of the molecule is CC(C)N1CCCN(Cc2c[nH]c3cc(C(=O)N4CCC(CO)CC4)ccc23)CC1. The van der Waals surface area contributed by atoms with E-state index in [0.717, 1.165) is 63.2 Å². The average Bonchev–Trinajstić information content (AvgIpc) is 3.00. The van der Waals surface area contributed by atoms with Crippen LogP contribution in [0.15, 0.2) is 24.4 Å². The summed E-state index contributed by atoms with van der Waals surface area (Å²) in [5.74, 6) is 0.444. The molecule has 2 saturated heterocycles. The molecule has 0 saturated carbocycles. The molecule has 2 aliphatic rings. The van der Waals surface area contributed by atoms with Gasteiger partial charge in [0.2, 0.25) is 0 Å². The Balaban J connectivity index is 1.42. The number of hydrogen-bond donors (Lipinski definition) is 2. The van der Waals surface area contributed by atoms with E-state index in [1.54, 1.807) is 0 Å². The van der Waals surface area contributed by atoms with Gasteiger partial charge in [-0.3, -0.25) is 14.6 Å². The van der Waals surface area contributed by atoms with Gasteiger partial charge in [0, 0.05) is 68.0 Å². The summed E-state index contributed by atoms with van der Waals surface area (Å²) >= 11 is 0. The minimum absolute atomic E-state index is 0.103. The second-order valence-corrected chi connectivity index (χ2v) is 9.25. The van der Waals surface area contributed by atoms with Crippen LogP contribution < -0.4 is 0 Å². The lowest BCUT2D eigenvalue weighted by molar-refractivity contribution is 0.0651. The number of likely N-dealkylation sites (tertiary alicyclic amines) is 1. The van der Waals surface area contributed by atoms with E-state index < -0.39 is 0 Å². The molecule has 0 radical (unpaired) electrons. The summed E-state index contributed by atoms with van der Waals surface area (Å²) < 4.78 is 0. The maximum Gasteiger partial charge on any atom is 0.253 e. The van der Waals surface area contributed by atoms with Crippen molar-refractivity contribution in [3.8, 4) is 0 Å². The van der Waals surface area contributed by atoms with Crippen LogP contribution in [0, 0.1) is 5.92 Å². The van der Waals surface area contributed by atoms with Gasteiger partial charge < -0.3 is 15.0 Å². The molecule has 0 aliphatic carbocycles. The number of hydrogen-bond acceptors (Lipinski definition) is 4. The smallest absolute Gasteiger partial charge is 0.253 e. The van der Waals surface area contributed by atoms with Crippen molar-refractivity contribution in [2.24, 2.45) is 5.92 Å². The quantitative estimate of drug-likeness (QED) is 0.793. The van der Waals surface area contributed by atoms with E-state index in [2.05, 4.69) is 40.9 Å². The van der Waals surface area contributed by atoms with Gasteiger partial charge in [-0.1, -0.05) is 6.07 Å². The predicted molar refractivity (Wildman–Crippen MR) is 121 cm³/mol. The molecule has 0 spiro atoms. The first-order chi connectivity index (χ1) is 14.5. The number of rotatable bonds is 5. The highest BCUT2D eigenvalue weighted by molar-refractivity contribution is 5.98. The Morgan fingerprint density at radius 1 is 1.13 bits per heavy atom. The number of amides is 1. The van der Waals surface area contributed by atoms with Crippen LogP contribution in [0.25, 0.3) is 10.9 Å². The third-order valence-corrected chi connectivity index (χ3v) is 6.92. The molecular formula is C24H36N4O2. The van der Waals surface area contributed by atoms with E-state index in [4.69, 9.17) is 0 Å². The summed E-state index contributed by atoms with van der Waals surface area (Å²) in [7, 11) is 0. The molecule has 1 aromatic heterocycles. The first kappa shape index (κ1) is 21.3. The van der Waals surface area contributed by atoms with Crippen LogP contribution in [0.2, 0.25) is 0 Å². The zero-order valence-electron chi connectivity index (χ0n) is 18.4. The average molecular weight is 413 g/mol. The van der Waals surface area contributed by atoms with Gasteiger partial charge in [-0.15, -0.1) is 0 Å². The van der Waals surface area contributed by atoms with Gasteiger partial charge in [-0.2, -0.15) is 0 Å². The molecule has 0 unspecified atom stereocenters. The number of aromatic amines is 1. The Bertz CT molecular complexity index is 854. The molecule has 0 atom stereocenters.